The molecule has 0 aliphatic carbocycles. The summed E-state index contributed by atoms with van der Waals surface area (Å²) >= 11 is 1.65. The number of carbonyl (C=O) groups is 1. The second-order valence-electron chi connectivity index (χ2n) is 5.15. The Labute approximate surface area is 136 Å². The van der Waals surface area contributed by atoms with Gasteiger partial charge in [0.25, 0.3) is 5.56 Å². The van der Waals surface area contributed by atoms with E-state index in [0.29, 0.717) is 17.4 Å². The van der Waals surface area contributed by atoms with E-state index in [0.717, 1.165) is 11.1 Å². The lowest BCUT2D eigenvalue weighted by molar-refractivity contribution is -0.124. The van der Waals surface area contributed by atoms with Crippen molar-refractivity contribution in [2.24, 2.45) is 0 Å². The first kappa shape index (κ1) is 15.4. The molecule has 1 amide bonds. The molecule has 7 heteroatoms. The Bertz CT molecular complexity index is 873. The predicted octanol–water partition coefficient (Wildman–Crippen LogP) is 1.77. The molecule has 1 unspecified atom stereocenters. The Hall–Kier alpha value is -2.54. The van der Waals surface area contributed by atoms with Crippen LogP contribution in [0.25, 0.3) is 10.9 Å². The fourth-order valence-corrected chi connectivity index (χ4v) is 2.99. The first-order chi connectivity index (χ1) is 11.2. The maximum absolute atomic E-state index is 12.4. The van der Waals surface area contributed by atoms with Crippen LogP contribution in [0.15, 0.2) is 46.6 Å². The van der Waals surface area contributed by atoms with E-state index in [4.69, 9.17) is 0 Å². The third kappa shape index (κ3) is 3.29. The number of nitrogens with zero attached hydrogens (tertiary/aromatic N) is 3. The Kier molecular flexibility index (Phi) is 4.47. The number of hydrogen-bond acceptors (Lipinski definition) is 5. The molecule has 2 heterocycles. The summed E-state index contributed by atoms with van der Waals surface area (Å²) in [4.78, 5) is 25.9. The number of hydrogen-bond donors (Lipinski definition) is 1. The van der Waals surface area contributed by atoms with Crippen LogP contribution in [0, 0.1) is 0 Å². The molecule has 1 atom stereocenters. The highest BCUT2D eigenvalue weighted by Gasteiger charge is 2.18. The maximum atomic E-state index is 12.4. The molecule has 0 fully saturated rings. The standard InChI is InChI=1S/C16H16N4O2S/c1-11(15(21)17-9-8-12-5-4-10-23-12)20-16(22)13-6-2-3-7-14(13)18-19-20/h2-7,10-11H,8-9H2,1H3,(H,17,21). The van der Waals surface area contributed by atoms with Crippen LogP contribution in [0.4, 0.5) is 0 Å². The zero-order chi connectivity index (χ0) is 16.2. The fourth-order valence-electron chi connectivity index (χ4n) is 2.28. The minimum atomic E-state index is -0.706. The molecule has 0 saturated heterocycles. The van der Waals surface area contributed by atoms with Gasteiger partial charge in [-0.3, -0.25) is 9.59 Å². The Morgan fingerprint density at radius 3 is 2.91 bits per heavy atom. The molecule has 1 N–H and O–H groups in total. The zero-order valence-electron chi connectivity index (χ0n) is 12.6. The van der Waals surface area contributed by atoms with Crippen LogP contribution in [0.5, 0.6) is 0 Å². The lowest BCUT2D eigenvalue weighted by Gasteiger charge is -2.13. The van der Waals surface area contributed by atoms with Gasteiger partial charge in [-0.1, -0.05) is 23.4 Å². The lowest BCUT2D eigenvalue weighted by Crippen LogP contribution is -2.38. The topological polar surface area (TPSA) is 76.9 Å². The number of nitrogens with one attached hydrogen (secondary N) is 1. The summed E-state index contributed by atoms with van der Waals surface area (Å²) in [5.41, 5.74) is 0.218. The molecule has 118 valence electrons. The Morgan fingerprint density at radius 2 is 2.13 bits per heavy atom. The number of thiophene rings is 1. The first-order valence-electron chi connectivity index (χ1n) is 7.31. The van der Waals surface area contributed by atoms with Crippen LogP contribution in [-0.2, 0) is 11.2 Å². The van der Waals surface area contributed by atoms with Gasteiger partial charge in [0.1, 0.15) is 11.6 Å². The third-order valence-electron chi connectivity index (χ3n) is 3.59. The van der Waals surface area contributed by atoms with Gasteiger partial charge in [-0.2, -0.15) is 4.68 Å². The summed E-state index contributed by atoms with van der Waals surface area (Å²) in [6.45, 7) is 2.17. The SMILES string of the molecule is CC(C(=O)NCCc1cccs1)n1nnc2ccccc2c1=O. The van der Waals surface area contributed by atoms with Crippen molar-refractivity contribution >= 4 is 28.1 Å². The summed E-state index contributed by atoms with van der Waals surface area (Å²) in [6, 6.07) is 10.3. The zero-order valence-corrected chi connectivity index (χ0v) is 13.4. The molecule has 2 aromatic heterocycles. The summed E-state index contributed by atoms with van der Waals surface area (Å²) in [6.07, 6.45) is 0.772. The van der Waals surface area contributed by atoms with E-state index in [1.165, 1.54) is 4.88 Å². The molecule has 0 aliphatic rings. The van der Waals surface area contributed by atoms with Crippen LogP contribution in [0.1, 0.15) is 17.8 Å². The maximum Gasteiger partial charge on any atom is 0.278 e. The molecule has 3 aromatic rings. The minimum Gasteiger partial charge on any atom is -0.354 e. The molecule has 6 nitrogen and oxygen atoms in total. The van der Waals surface area contributed by atoms with Crippen molar-refractivity contribution in [3.05, 3.63) is 57.0 Å². The van der Waals surface area contributed by atoms with Gasteiger partial charge in [-0.15, -0.1) is 16.4 Å². The van der Waals surface area contributed by atoms with E-state index in [9.17, 15) is 9.59 Å². The van der Waals surface area contributed by atoms with Crippen LogP contribution < -0.4 is 10.9 Å². The van der Waals surface area contributed by atoms with Crippen LogP contribution >= 0.6 is 11.3 Å². The van der Waals surface area contributed by atoms with E-state index in [1.54, 1.807) is 42.5 Å². The highest BCUT2D eigenvalue weighted by molar-refractivity contribution is 7.09. The van der Waals surface area contributed by atoms with Crippen molar-refractivity contribution in [2.75, 3.05) is 6.54 Å². The average molecular weight is 328 g/mol. The summed E-state index contributed by atoms with van der Waals surface area (Å²) in [5, 5.41) is 13.2. The van der Waals surface area contributed by atoms with Crippen LogP contribution in [0.2, 0.25) is 0 Å². The Balaban J connectivity index is 1.72. The van der Waals surface area contributed by atoms with Crippen molar-refractivity contribution < 1.29 is 4.79 Å². The summed E-state index contributed by atoms with van der Waals surface area (Å²) in [7, 11) is 0. The molecule has 1 aromatic carbocycles. The predicted molar refractivity (Wildman–Crippen MR) is 89.5 cm³/mol. The van der Waals surface area contributed by atoms with Crippen molar-refractivity contribution in [2.45, 2.75) is 19.4 Å². The molecular formula is C16H16N4O2S. The number of aromatic nitrogens is 3. The second-order valence-corrected chi connectivity index (χ2v) is 6.18. The number of amides is 1. The van der Waals surface area contributed by atoms with Gasteiger partial charge in [0.15, 0.2) is 0 Å². The smallest absolute Gasteiger partial charge is 0.278 e. The Morgan fingerprint density at radius 1 is 1.30 bits per heavy atom. The minimum absolute atomic E-state index is 0.242. The lowest BCUT2D eigenvalue weighted by atomic mass is 10.2. The van der Waals surface area contributed by atoms with E-state index in [-0.39, 0.29) is 11.5 Å². The number of rotatable bonds is 5. The number of fused-ring (bicyclic) bond motifs is 1. The highest BCUT2D eigenvalue weighted by Crippen LogP contribution is 2.09. The van der Waals surface area contributed by atoms with E-state index in [1.807, 2.05) is 17.5 Å². The van der Waals surface area contributed by atoms with Gasteiger partial charge in [-0.05, 0) is 36.9 Å². The van der Waals surface area contributed by atoms with E-state index >= 15 is 0 Å². The van der Waals surface area contributed by atoms with Crippen LogP contribution in [0.3, 0.4) is 0 Å². The van der Waals surface area contributed by atoms with Gasteiger partial charge in [-0.25, -0.2) is 0 Å². The van der Waals surface area contributed by atoms with Gasteiger partial charge < -0.3 is 5.32 Å². The molecular weight excluding hydrogens is 312 g/mol. The largest absolute Gasteiger partial charge is 0.354 e. The fraction of sp³-hybridized carbons (Fsp3) is 0.250. The molecule has 3 rings (SSSR count). The van der Waals surface area contributed by atoms with Gasteiger partial charge in [0.05, 0.1) is 5.39 Å². The second kappa shape index (κ2) is 6.70. The molecule has 0 radical (unpaired) electrons. The molecule has 0 aliphatic heterocycles. The summed E-state index contributed by atoms with van der Waals surface area (Å²) in [5.74, 6) is -0.242. The summed E-state index contributed by atoms with van der Waals surface area (Å²) < 4.78 is 1.13. The quantitative estimate of drug-likeness (QED) is 0.774. The number of benzene rings is 1. The van der Waals surface area contributed by atoms with Crippen molar-refractivity contribution in [3.8, 4) is 0 Å². The first-order valence-corrected chi connectivity index (χ1v) is 8.19. The van der Waals surface area contributed by atoms with Crippen LogP contribution in [-0.4, -0.2) is 27.4 Å². The number of carbonyl (C=O) groups excluding carboxylic acids is 1. The van der Waals surface area contributed by atoms with Gasteiger partial charge in [0, 0.05) is 11.4 Å². The van der Waals surface area contributed by atoms with Crippen molar-refractivity contribution in [3.63, 3.8) is 0 Å². The molecule has 23 heavy (non-hydrogen) atoms. The normalized spacial score (nSPS) is 12.2. The average Bonchev–Trinajstić information content (AvgIpc) is 3.08. The molecule has 0 spiro atoms. The third-order valence-corrected chi connectivity index (χ3v) is 4.52. The van der Waals surface area contributed by atoms with Crippen molar-refractivity contribution in [1.29, 1.82) is 0 Å². The van der Waals surface area contributed by atoms with Crippen molar-refractivity contribution in [1.82, 2.24) is 20.3 Å². The monoisotopic (exact) mass is 328 g/mol. The highest BCUT2D eigenvalue weighted by atomic mass is 32.1. The van der Waals surface area contributed by atoms with E-state index < -0.39 is 6.04 Å². The molecule has 0 saturated carbocycles. The van der Waals surface area contributed by atoms with E-state index in [2.05, 4.69) is 15.6 Å². The van der Waals surface area contributed by atoms with Gasteiger partial charge in [0.2, 0.25) is 5.91 Å². The molecule has 0 bridgehead atoms. The van der Waals surface area contributed by atoms with Gasteiger partial charge >= 0.3 is 0 Å².